The number of hydrogen-bond donors (Lipinski definition) is 2. The van der Waals surface area contributed by atoms with Crippen LogP contribution in [-0.4, -0.2) is 18.1 Å². The van der Waals surface area contributed by atoms with Crippen LogP contribution in [0.1, 0.15) is 27.9 Å². The number of carbonyl (C=O) groups is 1. The lowest BCUT2D eigenvalue weighted by molar-refractivity contribution is -0.154. The van der Waals surface area contributed by atoms with Gasteiger partial charge in [0.15, 0.2) is 0 Å². The SMILES string of the molecule is NCc1ccc(C(=O)NC(CCc2ccccc2)C(F)(F)F)cc1. The van der Waals surface area contributed by atoms with Gasteiger partial charge in [0, 0.05) is 12.1 Å². The normalized spacial score (nSPS) is 12.7. The summed E-state index contributed by atoms with van der Waals surface area (Å²) in [5.41, 5.74) is 7.25. The Morgan fingerprint density at radius 2 is 1.62 bits per heavy atom. The molecule has 0 fully saturated rings. The molecule has 1 amide bonds. The number of rotatable bonds is 6. The molecule has 3 nitrogen and oxygen atoms in total. The second-order valence-corrected chi connectivity index (χ2v) is 5.49. The number of halogens is 3. The molecule has 2 aromatic rings. The molecule has 0 aromatic heterocycles. The van der Waals surface area contributed by atoms with Gasteiger partial charge in [0.1, 0.15) is 6.04 Å². The van der Waals surface area contributed by atoms with Crippen LogP contribution < -0.4 is 11.1 Å². The molecule has 0 heterocycles. The molecular weight excluding hydrogens is 317 g/mol. The third-order valence-electron chi connectivity index (χ3n) is 3.72. The van der Waals surface area contributed by atoms with Gasteiger partial charge in [-0.25, -0.2) is 0 Å². The van der Waals surface area contributed by atoms with Crippen molar-refractivity contribution in [3.05, 3.63) is 71.3 Å². The van der Waals surface area contributed by atoms with Gasteiger partial charge in [0.05, 0.1) is 0 Å². The Hall–Kier alpha value is -2.34. The van der Waals surface area contributed by atoms with E-state index in [1.54, 1.807) is 42.5 Å². The first kappa shape index (κ1) is 18.0. The van der Waals surface area contributed by atoms with Crippen molar-refractivity contribution >= 4 is 5.91 Å². The molecule has 1 unspecified atom stereocenters. The second-order valence-electron chi connectivity index (χ2n) is 5.49. The van der Waals surface area contributed by atoms with Crippen LogP contribution in [0, 0.1) is 0 Å². The van der Waals surface area contributed by atoms with Gasteiger partial charge in [-0.05, 0) is 36.1 Å². The number of aryl methyl sites for hydroxylation is 1. The van der Waals surface area contributed by atoms with Crippen LogP contribution in [0.5, 0.6) is 0 Å². The molecule has 0 spiro atoms. The van der Waals surface area contributed by atoms with E-state index in [2.05, 4.69) is 5.32 Å². The van der Waals surface area contributed by atoms with E-state index in [0.29, 0.717) is 6.54 Å². The Labute approximate surface area is 138 Å². The average molecular weight is 336 g/mol. The second kappa shape index (κ2) is 7.97. The number of nitrogens with one attached hydrogen (secondary N) is 1. The van der Waals surface area contributed by atoms with Crippen LogP contribution in [-0.2, 0) is 13.0 Å². The van der Waals surface area contributed by atoms with Gasteiger partial charge in [-0.2, -0.15) is 13.2 Å². The summed E-state index contributed by atoms with van der Waals surface area (Å²) in [6.45, 7) is 0.310. The number of hydrogen-bond acceptors (Lipinski definition) is 2. The lowest BCUT2D eigenvalue weighted by Crippen LogP contribution is -2.45. The smallest absolute Gasteiger partial charge is 0.340 e. The molecular formula is C18H19F3N2O. The van der Waals surface area contributed by atoms with Crippen LogP contribution in [0.2, 0.25) is 0 Å². The number of amides is 1. The number of benzene rings is 2. The zero-order chi connectivity index (χ0) is 17.6. The molecule has 128 valence electrons. The van der Waals surface area contributed by atoms with E-state index >= 15 is 0 Å². The molecule has 0 aliphatic carbocycles. The fraction of sp³-hybridized carbons (Fsp3) is 0.278. The third-order valence-corrected chi connectivity index (χ3v) is 3.72. The van der Waals surface area contributed by atoms with Crippen LogP contribution in [0.25, 0.3) is 0 Å². The molecule has 0 aliphatic heterocycles. The van der Waals surface area contributed by atoms with Gasteiger partial charge in [-0.15, -0.1) is 0 Å². The fourth-order valence-electron chi connectivity index (χ4n) is 2.31. The quantitative estimate of drug-likeness (QED) is 0.849. The van der Waals surface area contributed by atoms with E-state index in [-0.39, 0.29) is 18.4 Å². The number of alkyl halides is 3. The van der Waals surface area contributed by atoms with Crippen LogP contribution in [0.15, 0.2) is 54.6 Å². The predicted octanol–water partition coefficient (Wildman–Crippen LogP) is 3.44. The highest BCUT2D eigenvalue weighted by atomic mass is 19.4. The van der Waals surface area contributed by atoms with E-state index in [1.807, 2.05) is 0 Å². The first-order valence-corrected chi connectivity index (χ1v) is 7.60. The third kappa shape index (κ3) is 5.09. The topological polar surface area (TPSA) is 55.1 Å². The van der Waals surface area contributed by atoms with Gasteiger partial charge >= 0.3 is 6.18 Å². The van der Waals surface area contributed by atoms with Crippen molar-refractivity contribution in [1.82, 2.24) is 5.32 Å². The van der Waals surface area contributed by atoms with Crippen molar-refractivity contribution < 1.29 is 18.0 Å². The van der Waals surface area contributed by atoms with E-state index in [0.717, 1.165) is 11.1 Å². The van der Waals surface area contributed by atoms with Gasteiger partial charge < -0.3 is 11.1 Å². The maximum absolute atomic E-state index is 13.2. The summed E-state index contributed by atoms with van der Waals surface area (Å²) in [6, 6.07) is 13.2. The molecule has 1 atom stereocenters. The lowest BCUT2D eigenvalue weighted by atomic mass is 10.0. The summed E-state index contributed by atoms with van der Waals surface area (Å²) in [4.78, 5) is 12.1. The molecule has 0 saturated heterocycles. The van der Waals surface area contributed by atoms with Crippen molar-refractivity contribution in [2.24, 2.45) is 5.73 Å². The molecule has 2 aromatic carbocycles. The lowest BCUT2D eigenvalue weighted by Gasteiger charge is -2.21. The summed E-state index contributed by atoms with van der Waals surface area (Å²) < 4.78 is 39.6. The molecule has 0 aliphatic rings. The van der Waals surface area contributed by atoms with Gasteiger partial charge in [0.25, 0.3) is 5.91 Å². The van der Waals surface area contributed by atoms with E-state index < -0.39 is 18.1 Å². The zero-order valence-corrected chi connectivity index (χ0v) is 13.0. The van der Waals surface area contributed by atoms with Crippen molar-refractivity contribution in [1.29, 1.82) is 0 Å². The van der Waals surface area contributed by atoms with Crippen LogP contribution in [0.4, 0.5) is 13.2 Å². The first-order valence-electron chi connectivity index (χ1n) is 7.60. The molecule has 2 rings (SSSR count). The van der Waals surface area contributed by atoms with E-state index in [1.165, 1.54) is 12.1 Å². The Morgan fingerprint density at radius 1 is 1.00 bits per heavy atom. The summed E-state index contributed by atoms with van der Waals surface area (Å²) in [6.07, 6.45) is -4.47. The average Bonchev–Trinajstić information content (AvgIpc) is 2.58. The Balaban J connectivity index is 2.03. The Bertz CT molecular complexity index is 654. The Kier molecular flexibility index (Phi) is 5.98. The van der Waals surface area contributed by atoms with E-state index in [9.17, 15) is 18.0 Å². The molecule has 6 heteroatoms. The molecule has 0 saturated carbocycles. The largest absolute Gasteiger partial charge is 0.408 e. The Morgan fingerprint density at radius 3 is 2.17 bits per heavy atom. The van der Waals surface area contributed by atoms with Crippen LogP contribution in [0.3, 0.4) is 0 Å². The zero-order valence-electron chi connectivity index (χ0n) is 13.0. The highest BCUT2D eigenvalue weighted by molar-refractivity contribution is 5.94. The van der Waals surface area contributed by atoms with Crippen LogP contribution >= 0.6 is 0 Å². The fourth-order valence-corrected chi connectivity index (χ4v) is 2.31. The van der Waals surface area contributed by atoms with Crippen molar-refractivity contribution in [2.75, 3.05) is 0 Å². The number of carbonyl (C=O) groups excluding carboxylic acids is 1. The molecule has 24 heavy (non-hydrogen) atoms. The highest BCUT2D eigenvalue weighted by Crippen LogP contribution is 2.24. The standard InChI is InChI=1S/C18H19F3N2O/c19-18(20,21)16(11-8-13-4-2-1-3-5-13)23-17(24)15-9-6-14(12-22)7-10-15/h1-7,9-10,16H,8,11-12,22H2,(H,23,24). The minimum atomic E-state index is -4.50. The predicted molar refractivity (Wildman–Crippen MR) is 86.4 cm³/mol. The van der Waals surface area contributed by atoms with Crippen molar-refractivity contribution in [3.8, 4) is 0 Å². The van der Waals surface area contributed by atoms with Crippen molar-refractivity contribution in [2.45, 2.75) is 31.6 Å². The number of nitrogens with two attached hydrogens (primary N) is 1. The maximum atomic E-state index is 13.2. The summed E-state index contributed by atoms with van der Waals surface area (Å²) >= 11 is 0. The highest BCUT2D eigenvalue weighted by Gasteiger charge is 2.40. The van der Waals surface area contributed by atoms with Gasteiger partial charge in [-0.1, -0.05) is 42.5 Å². The van der Waals surface area contributed by atoms with Crippen molar-refractivity contribution in [3.63, 3.8) is 0 Å². The minimum absolute atomic E-state index is 0.182. The maximum Gasteiger partial charge on any atom is 0.408 e. The summed E-state index contributed by atoms with van der Waals surface area (Å²) in [5.74, 6) is -0.742. The molecule has 0 radical (unpaired) electrons. The monoisotopic (exact) mass is 336 g/mol. The first-order chi connectivity index (χ1) is 11.4. The molecule has 0 bridgehead atoms. The van der Waals surface area contributed by atoms with E-state index in [4.69, 9.17) is 5.73 Å². The van der Waals surface area contributed by atoms with Gasteiger partial charge in [-0.3, -0.25) is 4.79 Å². The summed E-state index contributed by atoms with van der Waals surface area (Å²) in [5, 5.41) is 2.09. The molecule has 3 N–H and O–H groups in total. The minimum Gasteiger partial charge on any atom is -0.340 e. The van der Waals surface area contributed by atoms with Gasteiger partial charge in [0.2, 0.25) is 0 Å². The summed E-state index contributed by atoms with van der Waals surface area (Å²) in [7, 11) is 0.